The summed E-state index contributed by atoms with van der Waals surface area (Å²) in [6.07, 6.45) is 2.65. The molecule has 2 N–H and O–H groups in total. The predicted octanol–water partition coefficient (Wildman–Crippen LogP) is 3.01. The van der Waals surface area contributed by atoms with E-state index in [1.165, 1.54) is 28.3 Å². The topological polar surface area (TPSA) is 83.3 Å². The summed E-state index contributed by atoms with van der Waals surface area (Å²) in [7, 11) is 0. The number of aliphatic hydroxyl groups is 1. The molecule has 0 fully saturated rings. The number of carbonyl (C=O) groups is 1. The molecule has 4 rings (SSSR count). The van der Waals surface area contributed by atoms with Crippen molar-refractivity contribution >= 4 is 23.2 Å². The zero-order valence-corrected chi connectivity index (χ0v) is 16.6. The van der Waals surface area contributed by atoms with Crippen LogP contribution in [0.1, 0.15) is 22.8 Å². The number of fused-ring (bicyclic) bond motifs is 1. The van der Waals surface area contributed by atoms with Gasteiger partial charge in [0.2, 0.25) is 0 Å². The normalized spacial score (nSPS) is 16.6. The van der Waals surface area contributed by atoms with Gasteiger partial charge in [0, 0.05) is 22.3 Å². The van der Waals surface area contributed by atoms with Gasteiger partial charge >= 0.3 is 0 Å². The van der Waals surface area contributed by atoms with E-state index < -0.39 is 23.3 Å². The van der Waals surface area contributed by atoms with E-state index in [1.54, 1.807) is 25.1 Å². The minimum Gasteiger partial charge on any atom is -0.381 e. The molecule has 7 nitrogen and oxygen atoms in total. The largest absolute Gasteiger partial charge is 0.381 e. The van der Waals surface area contributed by atoms with Gasteiger partial charge in [0.1, 0.15) is 29.9 Å². The molecule has 0 bridgehead atoms. The summed E-state index contributed by atoms with van der Waals surface area (Å²) in [5, 5.41) is 19.2. The number of hydrogen-bond acceptors (Lipinski definition) is 5. The summed E-state index contributed by atoms with van der Waals surface area (Å²) < 4.78 is 29.5. The molecule has 2 atom stereocenters. The van der Waals surface area contributed by atoms with Crippen LogP contribution in [0.4, 0.5) is 14.5 Å². The van der Waals surface area contributed by atoms with E-state index in [0.717, 1.165) is 6.07 Å². The second kappa shape index (κ2) is 7.66. The van der Waals surface area contributed by atoms with Crippen molar-refractivity contribution in [3.05, 3.63) is 76.8 Å². The van der Waals surface area contributed by atoms with E-state index in [0.29, 0.717) is 22.3 Å². The molecule has 0 saturated heterocycles. The zero-order valence-electron chi connectivity index (χ0n) is 15.9. The lowest BCUT2D eigenvalue weighted by atomic mass is 9.85. The van der Waals surface area contributed by atoms with Gasteiger partial charge in [-0.05, 0) is 31.2 Å². The molecule has 30 heavy (non-hydrogen) atoms. The third kappa shape index (κ3) is 3.50. The fourth-order valence-corrected chi connectivity index (χ4v) is 3.83. The molecule has 1 amide bonds. The van der Waals surface area contributed by atoms with Gasteiger partial charge in [0.05, 0.1) is 24.8 Å². The first-order valence-electron chi connectivity index (χ1n) is 9.14. The van der Waals surface area contributed by atoms with Crippen molar-refractivity contribution < 1.29 is 18.7 Å². The fourth-order valence-electron chi connectivity index (χ4n) is 3.66. The average Bonchev–Trinajstić information content (AvgIpc) is 3.20. The summed E-state index contributed by atoms with van der Waals surface area (Å²) >= 11 is 5.99. The highest BCUT2D eigenvalue weighted by Gasteiger charge is 2.44. The fraction of sp³-hybridized carbons (Fsp3) is 0.250. The van der Waals surface area contributed by atoms with Crippen LogP contribution < -0.4 is 5.32 Å². The molecule has 0 spiro atoms. The highest BCUT2D eigenvalue weighted by molar-refractivity contribution is 6.31. The van der Waals surface area contributed by atoms with Crippen molar-refractivity contribution in [2.24, 2.45) is 0 Å². The molecular weight excluding hydrogens is 416 g/mol. The maximum Gasteiger partial charge on any atom is 0.257 e. The summed E-state index contributed by atoms with van der Waals surface area (Å²) in [5.41, 5.74) is -1.13. The molecule has 156 valence electrons. The molecule has 0 aliphatic carbocycles. The highest BCUT2D eigenvalue weighted by atomic mass is 35.5. The van der Waals surface area contributed by atoms with Crippen LogP contribution in [0.15, 0.2) is 49.1 Å². The first-order chi connectivity index (χ1) is 14.3. The Labute approximate surface area is 175 Å². The van der Waals surface area contributed by atoms with Crippen LogP contribution in [0.25, 0.3) is 0 Å². The van der Waals surface area contributed by atoms with E-state index >= 15 is 0 Å². The summed E-state index contributed by atoms with van der Waals surface area (Å²) in [6.45, 7) is 1.46. The lowest BCUT2D eigenvalue weighted by molar-refractivity contribution is -0.0547. The van der Waals surface area contributed by atoms with E-state index in [1.807, 2.05) is 0 Å². The zero-order chi connectivity index (χ0) is 21.5. The molecule has 1 aromatic heterocycles. The molecule has 1 aliphatic heterocycles. The molecule has 2 heterocycles. The van der Waals surface area contributed by atoms with E-state index in [-0.39, 0.29) is 24.7 Å². The maximum atomic E-state index is 14.7. The number of benzene rings is 2. The van der Waals surface area contributed by atoms with Crippen LogP contribution in [-0.4, -0.2) is 43.4 Å². The number of amides is 1. The number of halogens is 3. The second-order valence-corrected chi connectivity index (χ2v) is 7.55. The minimum atomic E-state index is -1.92. The summed E-state index contributed by atoms with van der Waals surface area (Å²) in [4.78, 5) is 18.4. The minimum absolute atomic E-state index is 0.0653. The Morgan fingerprint density at radius 3 is 2.80 bits per heavy atom. The number of rotatable bonds is 5. The quantitative estimate of drug-likeness (QED) is 0.646. The standard InChI is InChI=1S/C20H18ClF2N5O2/c1-12(28-11-25-18-6-13(21)2-4-15(18)19(28)29)20(30,8-27-10-24-9-26-27)16-5-3-14(22)7-17(16)23/h2-7,9-10,12,25,30H,8,11H2,1H3/t12-,20-/m1/s1. The Bertz CT molecular complexity index is 1090. The van der Waals surface area contributed by atoms with Gasteiger partial charge in [-0.1, -0.05) is 17.7 Å². The number of carbonyl (C=O) groups excluding carboxylic acids is 1. The van der Waals surface area contributed by atoms with Gasteiger partial charge < -0.3 is 15.3 Å². The van der Waals surface area contributed by atoms with Crippen molar-refractivity contribution in [2.45, 2.75) is 25.1 Å². The Morgan fingerprint density at radius 1 is 1.30 bits per heavy atom. The van der Waals surface area contributed by atoms with Gasteiger partial charge in [-0.3, -0.25) is 4.79 Å². The van der Waals surface area contributed by atoms with Crippen molar-refractivity contribution in [2.75, 3.05) is 12.0 Å². The SMILES string of the molecule is C[C@@H](N1CNc2cc(Cl)ccc2C1=O)[C@](O)(Cn1cncn1)c1ccc(F)cc1F. The number of hydrogen-bond donors (Lipinski definition) is 2. The van der Waals surface area contributed by atoms with Crippen LogP contribution >= 0.6 is 11.6 Å². The van der Waals surface area contributed by atoms with Gasteiger partial charge in [0.15, 0.2) is 0 Å². The number of anilines is 1. The summed E-state index contributed by atoms with van der Waals surface area (Å²) in [5.74, 6) is -2.05. The third-order valence-corrected chi connectivity index (χ3v) is 5.57. The molecule has 10 heteroatoms. The molecule has 3 aromatic rings. The number of nitrogens with zero attached hydrogens (tertiary/aromatic N) is 4. The van der Waals surface area contributed by atoms with Crippen LogP contribution in [0.2, 0.25) is 5.02 Å². The van der Waals surface area contributed by atoms with Crippen molar-refractivity contribution in [3.8, 4) is 0 Å². The molecular formula is C20H18ClF2N5O2. The first-order valence-corrected chi connectivity index (χ1v) is 9.52. The molecule has 2 aromatic carbocycles. The Hall–Kier alpha value is -3.04. The Kier molecular flexibility index (Phi) is 5.17. The first kappa shape index (κ1) is 20.2. The molecule has 1 aliphatic rings. The molecule has 0 radical (unpaired) electrons. The highest BCUT2D eigenvalue weighted by Crippen LogP contribution is 2.35. The number of nitrogens with one attached hydrogen (secondary N) is 1. The van der Waals surface area contributed by atoms with E-state index in [4.69, 9.17) is 11.6 Å². The molecule has 0 saturated carbocycles. The Balaban J connectivity index is 1.75. The lowest BCUT2D eigenvalue weighted by Gasteiger charge is -2.43. The lowest BCUT2D eigenvalue weighted by Crippen LogP contribution is -2.56. The van der Waals surface area contributed by atoms with Crippen LogP contribution in [-0.2, 0) is 12.1 Å². The van der Waals surface area contributed by atoms with Crippen molar-refractivity contribution in [1.29, 1.82) is 0 Å². The van der Waals surface area contributed by atoms with Gasteiger partial charge in [0.25, 0.3) is 5.91 Å². The average molecular weight is 434 g/mol. The smallest absolute Gasteiger partial charge is 0.257 e. The summed E-state index contributed by atoms with van der Waals surface area (Å²) in [6, 6.07) is 6.83. The van der Waals surface area contributed by atoms with Crippen LogP contribution in [0.3, 0.4) is 0 Å². The van der Waals surface area contributed by atoms with Gasteiger partial charge in [-0.25, -0.2) is 18.4 Å². The van der Waals surface area contributed by atoms with E-state index in [9.17, 15) is 18.7 Å². The predicted molar refractivity (Wildman–Crippen MR) is 106 cm³/mol. The monoisotopic (exact) mass is 433 g/mol. The van der Waals surface area contributed by atoms with Gasteiger partial charge in [-0.2, -0.15) is 5.10 Å². The van der Waals surface area contributed by atoms with Crippen LogP contribution in [0, 0.1) is 11.6 Å². The van der Waals surface area contributed by atoms with Gasteiger partial charge in [-0.15, -0.1) is 0 Å². The van der Waals surface area contributed by atoms with Crippen molar-refractivity contribution in [3.63, 3.8) is 0 Å². The number of aromatic nitrogens is 3. The second-order valence-electron chi connectivity index (χ2n) is 7.12. The third-order valence-electron chi connectivity index (χ3n) is 5.34. The Morgan fingerprint density at radius 2 is 2.10 bits per heavy atom. The van der Waals surface area contributed by atoms with Crippen molar-refractivity contribution in [1.82, 2.24) is 19.7 Å². The van der Waals surface area contributed by atoms with E-state index in [2.05, 4.69) is 15.4 Å². The van der Waals surface area contributed by atoms with Crippen LogP contribution in [0.5, 0.6) is 0 Å². The molecule has 0 unspecified atom stereocenters. The maximum absolute atomic E-state index is 14.7.